The lowest BCUT2D eigenvalue weighted by Gasteiger charge is -2.21. The third-order valence-corrected chi connectivity index (χ3v) is 2.91. The minimum Gasteiger partial charge on any atom is -0.444 e. The van der Waals surface area contributed by atoms with E-state index >= 15 is 0 Å². The van der Waals surface area contributed by atoms with E-state index < -0.39 is 5.60 Å². The third kappa shape index (κ3) is 8.00. The van der Waals surface area contributed by atoms with Crippen LogP contribution in [0.3, 0.4) is 0 Å². The van der Waals surface area contributed by atoms with Gasteiger partial charge in [0.2, 0.25) is 0 Å². The van der Waals surface area contributed by atoms with Crippen LogP contribution in [0.15, 0.2) is 24.3 Å². The van der Waals surface area contributed by atoms with Gasteiger partial charge in [-0.05, 0) is 38.8 Å². The number of rotatable bonds is 7. The topological polar surface area (TPSA) is 59.6 Å². The molecular formula is C17H28N2O3. The van der Waals surface area contributed by atoms with Crippen LogP contribution in [0.5, 0.6) is 0 Å². The first kappa shape index (κ1) is 18.5. The summed E-state index contributed by atoms with van der Waals surface area (Å²) >= 11 is 0. The molecule has 0 radical (unpaired) electrons. The molecule has 0 spiro atoms. The first-order valence-electron chi connectivity index (χ1n) is 7.57. The van der Waals surface area contributed by atoms with Crippen LogP contribution in [0.2, 0.25) is 0 Å². The molecule has 0 saturated carbocycles. The zero-order valence-corrected chi connectivity index (χ0v) is 14.2. The summed E-state index contributed by atoms with van der Waals surface area (Å²) in [6.07, 6.45) is -0.386. The van der Waals surface area contributed by atoms with E-state index in [0.29, 0.717) is 13.2 Å². The maximum atomic E-state index is 11.6. The van der Waals surface area contributed by atoms with Gasteiger partial charge in [0.1, 0.15) is 5.60 Å². The molecule has 0 aliphatic heterocycles. The van der Waals surface area contributed by atoms with Gasteiger partial charge in [0.25, 0.3) is 0 Å². The molecule has 124 valence electrons. The summed E-state index contributed by atoms with van der Waals surface area (Å²) in [7, 11) is 1.69. The van der Waals surface area contributed by atoms with Crippen molar-refractivity contribution in [3.05, 3.63) is 35.4 Å². The predicted molar refractivity (Wildman–Crippen MR) is 87.7 cm³/mol. The summed E-state index contributed by atoms with van der Waals surface area (Å²) in [4.78, 5) is 11.6. The van der Waals surface area contributed by atoms with E-state index in [2.05, 4.69) is 22.8 Å². The molecule has 0 aliphatic rings. The van der Waals surface area contributed by atoms with Crippen molar-refractivity contribution in [2.45, 2.75) is 52.5 Å². The Bertz CT molecular complexity index is 469. The molecule has 5 heteroatoms. The molecule has 1 rings (SSSR count). The molecule has 1 unspecified atom stereocenters. The molecule has 22 heavy (non-hydrogen) atoms. The number of hydrogen-bond donors (Lipinski definition) is 2. The van der Waals surface area contributed by atoms with E-state index in [0.717, 1.165) is 12.1 Å². The molecule has 0 fully saturated rings. The van der Waals surface area contributed by atoms with Gasteiger partial charge in [-0.25, -0.2) is 4.79 Å². The van der Waals surface area contributed by atoms with Gasteiger partial charge in [-0.2, -0.15) is 0 Å². The molecule has 0 bridgehead atoms. The maximum Gasteiger partial charge on any atom is 0.407 e. The molecule has 0 heterocycles. The monoisotopic (exact) mass is 308 g/mol. The van der Waals surface area contributed by atoms with Crippen molar-refractivity contribution < 1.29 is 14.3 Å². The fourth-order valence-electron chi connectivity index (χ4n) is 1.91. The zero-order chi connectivity index (χ0) is 16.6. The summed E-state index contributed by atoms with van der Waals surface area (Å²) in [5.74, 6) is 0. The van der Waals surface area contributed by atoms with Gasteiger partial charge in [-0.15, -0.1) is 0 Å². The number of hydrogen-bond acceptors (Lipinski definition) is 4. The van der Waals surface area contributed by atoms with Crippen LogP contribution >= 0.6 is 0 Å². The maximum absolute atomic E-state index is 11.6. The summed E-state index contributed by atoms with van der Waals surface area (Å²) in [6.45, 7) is 9.45. The zero-order valence-electron chi connectivity index (χ0n) is 14.2. The highest BCUT2D eigenvalue weighted by Crippen LogP contribution is 2.07. The number of benzene rings is 1. The van der Waals surface area contributed by atoms with Gasteiger partial charge in [0.05, 0.1) is 6.61 Å². The van der Waals surface area contributed by atoms with Crippen LogP contribution in [-0.2, 0) is 22.6 Å². The minimum absolute atomic E-state index is 0.151. The van der Waals surface area contributed by atoms with E-state index in [1.807, 2.05) is 39.8 Å². The molecule has 1 aromatic rings. The second-order valence-corrected chi connectivity index (χ2v) is 6.42. The summed E-state index contributed by atoms with van der Waals surface area (Å²) < 4.78 is 10.3. The Morgan fingerprint density at radius 2 is 1.95 bits per heavy atom. The smallest absolute Gasteiger partial charge is 0.407 e. The average Bonchev–Trinajstić information content (AvgIpc) is 2.42. The Labute approximate surface area is 133 Å². The van der Waals surface area contributed by atoms with E-state index in [1.54, 1.807) is 7.11 Å². The van der Waals surface area contributed by atoms with Crippen LogP contribution in [-0.4, -0.2) is 31.4 Å². The average molecular weight is 308 g/mol. The molecule has 0 aliphatic carbocycles. The number of alkyl carbamates (subject to hydrolysis) is 1. The van der Waals surface area contributed by atoms with Crippen molar-refractivity contribution in [1.29, 1.82) is 0 Å². The number of nitrogens with one attached hydrogen (secondary N) is 2. The van der Waals surface area contributed by atoms with Gasteiger partial charge in [-0.3, -0.25) is 0 Å². The molecule has 1 aromatic carbocycles. The van der Waals surface area contributed by atoms with Gasteiger partial charge in [-0.1, -0.05) is 24.3 Å². The third-order valence-electron chi connectivity index (χ3n) is 2.91. The summed E-state index contributed by atoms with van der Waals surface area (Å²) in [5.41, 5.74) is 1.88. The molecule has 2 N–H and O–H groups in total. The highest BCUT2D eigenvalue weighted by molar-refractivity contribution is 5.67. The highest BCUT2D eigenvalue weighted by Gasteiger charge is 2.16. The molecule has 0 aromatic heterocycles. The predicted octanol–water partition coefficient (Wildman–Crippen LogP) is 2.84. The number of methoxy groups -OCH3 is 1. The molecule has 0 saturated heterocycles. The number of carbonyl (C=O) groups is 1. The van der Waals surface area contributed by atoms with Gasteiger partial charge >= 0.3 is 6.09 Å². The van der Waals surface area contributed by atoms with Crippen molar-refractivity contribution in [3.63, 3.8) is 0 Å². The van der Waals surface area contributed by atoms with Crippen LogP contribution < -0.4 is 10.6 Å². The second kappa shape index (κ2) is 8.76. The number of carbonyl (C=O) groups excluding carboxylic acids is 1. The molecule has 1 amide bonds. The second-order valence-electron chi connectivity index (χ2n) is 6.42. The first-order valence-corrected chi connectivity index (χ1v) is 7.57. The van der Waals surface area contributed by atoms with Crippen LogP contribution in [0.1, 0.15) is 38.8 Å². The fourth-order valence-corrected chi connectivity index (χ4v) is 1.91. The van der Waals surface area contributed by atoms with Crippen LogP contribution in [0, 0.1) is 0 Å². The van der Waals surface area contributed by atoms with E-state index in [1.165, 1.54) is 5.56 Å². The Balaban J connectivity index is 2.32. The molecular weight excluding hydrogens is 280 g/mol. The SMILES string of the molecule is COCc1cccc(CNC(C)CNC(=O)OC(C)(C)C)c1. The number of ether oxygens (including phenoxy) is 2. The standard InChI is InChI=1S/C17H28N2O3/c1-13(10-19-16(20)22-17(2,3)4)18-11-14-7-6-8-15(9-14)12-21-5/h6-9,13,18H,10-12H2,1-5H3,(H,19,20). The Morgan fingerprint density at radius 3 is 2.59 bits per heavy atom. The fraction of sp³-hybridized carbons (Fsp3) is 0.588. The quantitative estimate of drug-likeness (QED) is 0.813. The highest BCUT2D eigenvalue weighted by atomic mass is 16.6. The summed E-state index contributed by atoms with van der Waals surface area (Å²) in [5, 5.41) is 6.14. The van der Waals surface area contributed by atoms with Gasteiger partial charge in [0.15, 0.2) is 0 Å². The Kier molecular flexibility index (Phi) is 7.35. The molecule has 5 nitrogen and oxygen atoms in total. The van der Waals surface area contributed by atoms with Crippen molar-refractivity contribution in [3.8, 4) is 0 Å². The number of amides is 1. The lowest BCUT2D eigenvalue weighted by molar-refractivity contribution is 0.0523. The minimum atomic E-state index is -0.470. The first-order chi connectivity index (χ1) is 10.3. The van der Waals surface area contributed by atoms with Gasteiger partial charge in [0, 0.05) is 26.2 Å². The van der Waals surface area contributed by atoms with Crippen molar-refractivity contribution >= 4 is 6.09 Å². The Hall–Kier alpha value is -1.59. The summed E-state index contributed by atoms with van der Waals surface area (Å²) in [6, 6.07) is 8.40. The Morgan fingerprint density at radius 1 is 1.27 bits per heavy atom. The largest absolute Gasteiger partial charge is 0.444 e. The lowest BCUT2D eigenvalue weighted by Crippen LogP contribution is -2.41. The van der Waals surface area contributed by atoms with Crippen molar-refractivity contribution in [1.82, 2.24) is 10.6 Å². The lowest BCUT2D eigenvalue weighted by atomic mass is 10.1. The van der Waals surface area contributed by atoms with Crippen LogP contribution in [0.4, 0.5) is 4.79 Å². The van der Waals surface area contributed by atoms with Crippen LogP contribution in [0.25, 0.3) is 0 Å². The van der Waals surface area contributed by atoms with Crippen molar-refractivity contribution in [2.24, 2.45) is 0 Å². The van der Waals surface area contributed by atoms with E-state index in [-0.39, 0.29) is 12.1 Å². The van der Waals surface area contributed by atoms with E-state index in [4.69, 9.17) is 9.47 Å². The molecule has 1 atom stereocenters. The normalized spacial score (nSPS) is 12.8. The van der Waals surface area contributed by atoms with Gasteiger partial charge < -0.3 is 20.1 Å². The van der Waals surface area contributed by atoms with Crippen molar-refractivity contribution in [2.75, 3.05) is 13.7 Å². The van der Waals surface area contributed by atoms with E-state index in [9.17, 15) is 4.79 Å².